The molecule has 190 valence electrons. The van der Waals surface area contributed by atoms with Crippen molar-refractivity contribution in [3.8, 4) is 0 Å². The highest BCUT2D eigenvalue weighted by Crippen LogP contribution is 2.48. The fourth-order valence-electron chi connectivity index (χ4n) is 5.42. The quantitative estimate of drug-likeness (QED) is 0.581. The van der Waals surface area contributed by atoms with Crippen molar-refractivity contribution in [2.75, 3.05) is 12.3 Å². The number of nitrogen functional groups attached to an aromatic ring is 1. The average molecular weight is 510 g/mol. The molecule has 0 saturated carbocycles. The lowest BCUT2D eigenvalue weighted by Gasteiger charge is -2.51. The van der Waals surface area contributed by atoms with Crippen LogP contribution in [0.1, 0.15) is 61.6 Å². The second kappa shape index (κ2) is 9.23. The van der Waals surface area contributed by atoms with Gasteiger partial charge in [-0.05, 0) is 22.2 Å². The predicted molar refractivity (Wildman–Crippen MR) is 133 cm³/mol. The molecule has 2 aliphatic rings. The van der Waals surface area contributed by atoms with Gasteiger partial charge in [0.15, 0.2) is 17.7 Å². The van der Waals surface area contributed by atoms with E-state index in [9.17, 15) is 5.11 Å². The first kappa shape index (κ1) is 25.7. The van der Waals surface area contributed by atoms with Gasteiger partial charge in [0.25, 0.3) is 0 Å². The number of fused-ring (bicyclic) bond motifs is 2. The average Bonchev–Trinajstić information content (AvgIpc) is 3.29. The summed E-state index contributed by atoms with van der Waals surface area (Å²) >= 11 is 0. The van der Waals surface area contributed by atoms with Crippen LogP contribution >= 0.6 is 0 Å². The lowest BCUT2D eigenvalue weighted by molar-refractivity contribution is -0.0570. The Bertz CT molecular complexity index is 1000. The van der Waals surface area contributed by atoms with Crippen LogP contribution in [0.4, 0.5) is 5.82 Å². The molecule has 4 heterocycles. The Morgan fingerprint density at radius 1 is 0.971 bits per heavy atom. The summed E-state index contributed by atoms with van der Waals surface area (Å²) in [6.07, 6.45) is 0.225. The molecule has 0 amide bonds. The first-order chi connectivity index (χ1) is 15.9. The number of rotatable bonds is 5. The number of nitrogens with two attached hydrogens (primary N) is 1. The molecule has 2 saturated heterocycles. The molecule has 4 rings (SSSR count). The van der Waals surface area contributed by atoms with Gasteiger partial charge >= 0.3 is 17.1 Å². The van der Waals surface area contributed by atoms with Gasteiger partial charge in [-0.15, -0.1) is 0 Å². The van der Waals surface area contributed by atoms with Crippen LogP contribution in [-0.4, -0.2) is 66.7 Å². The third kappa shape index (κ3) is 3.92. The van der Waals surface area contributed by atoms with Crippen LogP contribution in [0.5, 0.6) is 0 Å². The Morgan fingerprint density at radius 3 is 2.18 bits per heavy atom. The lowest BCUT2D eigenvalue weighted by atomic mass is 10.1. The van der Waals surface area contributed by atoms with Crippen LogP contribution < -0.4 is 5.73 Å². The van der Waals surface area contributed by atoms with Gasteiger partial charge < -0.3 is 28.5 Å². The maximum atomic E-state index is 11.5. The smallest absolute Gasteiger partial charge is 0.335 e. The van der Waals surface area contributed by atoms with Gasteiger partial charge in [-0.2, -0.15) is 0 Å². The molecular formula is C22H39N5O5Si2. The van der Waals surface area contributed by atoms with Gasteiger partial charge in [0, 0.05) is 0 Å². The van der Waals surface area contributed by atoms with Crippen molar-refractivity contribution in [3.63, 3.8) is 0 Å². The molecule has 12 heteroatoms. The molecule has 2 aromatic heterocycles. The summed E-state index contributed by atoms with van der Waals surface area (Å²) in [5.74, 6) is 0.283. The molecule has 2 aromatic rings. The van der Waals surface area contributed by atoms with E-state index in [4.69, 9.17) is 23.4 Å². The fourth-order valence-corrected chi connectivity index (χ4v) is 16.6. The molecule has 4 atom stereocenters. The van der Waals surface area contributed by atoms with E-state index in [1.807, 2.05) is 0 Å². The molecular weight excluding hydrogens is 470 g/mol. The van der Waals surface area contributed by atoms with Gasteiger partial charge in [-0.3, -0.25) is 4.57 Å². The van der Waals surface area contributed by atoms with Gasteiger partial charge in [0.05, 0.1) is 12.9 Å². The van der Waals surface area contributed by atoms with Crippen LogP contribution in [-0.2, 0) is 17.7 Å². The third-order valence-corrected chi connectivity index (χ3v) is 17.6. The number of anilines is 1. The fraction of sp³-hybridized carbons (Fsp3) is 0.773. The second-order valence-electron chi connectivity index (χ2n) is 10.7. The number of aliphatic hydroxyl groups excluding tert-OH is 1. The first-order valence-corrected chi connectivity index (χ1v) is 16.2. The number of aliphatic hydroxyl groups is 1. The first-order valence-electron chi connectivity index (χ1n) is 12.2. The highest BCUT2D eigenvalue weighted by Gasteiger charge is 2.61. The minimum Gasteiger partial charge on any atom is -0.414 e. The maximum absolute atomic E-state index is 11.5. The molecule has 34 heavy (non-hydrogen) atoms. The zero-order chi connectivity index (χ0) is 25.0. The highest BCUT2D eigenvalue weighted by molar-refractivity contribution is 6.83. The van der Waals surface area contributed by atoms with Gasteiger partial charge in [0.2, 0.25) is 0 Å². The number of aromatic nitrogens is 4. The highest BCUT2D eigenvalue weighted by atomic mass is 28.5. The van der Waals surface area contributed by atoms with Crippen LogP contribution in [0.3, 0.4) is 0 Å². The van der Waals surface area contributed by atoms with Crippen molar-refractivity contribution in [2.24, 2.45) is 0 Å². The van der Waals surface area contributed by atoms with Crippen molar-refractivity contribution in [2.45, 2.75) is 102 Å². The van der Waals surface area contributed by atoms with Crippen LogP contribution in [0, 0.1) is 0 Å². The van der Waals surface area contributed by atoms with Crippen LogP contribution in [0.2, 0.25) is 22.2 Å². The predicted octanol–water partition coefficient (Wildman–Crippen LogP) is 3.62. The van der Waals surface area contributed by atoms with E-state index >= 15 is 0 Å². The molecule has 2 aliphatic heterocycles. The van der Waals surface area contributed by atoms with E-state index < -0.39 is 41.7 Å². The molecule has 0 radical (unpaired) electrons. The summed E-state index contributed by atoms with van der Waals surface area (Å²) in [6.45, 7) is 17.7. The Labute approximate surface area is 203 Å². The largest absolute Gasteiger partial charge is 0.414 e. The minimum absolute atomic E-state index is 0.159. The van der Waals surface area contributed by atoms with Crippen LogP contribution in [0.25, 0.3) is 11.2 Å². The summed E-state index contributed by atoms with van der Waals surface area (Å²) in [6, 6.07) is 0. The zero-order valence-electron chi connectivity index (χ0n) is 21.4. The molecule has 2 fully saturated rings. The minimum atomic E-state index is -2.86. The lowest BCUT2D eigenvalue weighted by Crippen LogP contribution is -2.65. The summed E-state index contributed by atoms with van der Waals surface area (Å²) in [5, 5.41) is 11.5. The van der Waals surface area contributed by atoms with E-state index in [-0.39, 0.29) is 28.0 Å². The van der Waals surface area contributed by atoms with Crippen molar-refractivity contribution in [3.05, 3.63) is 12.7 Å². The van der Waals surface area contributed by atoms with E-state index in [0.717, 1.165) is 0 Å². The standard InChI is InChI=1S/C22H39N5O5Si2/c1-12(2)33(13(3)4)29-9-16-19(31-34(32-33,14(5)6)15(7)8)18(28)22(30-16)27-11-26-17-20(23)24-10-25-21(17)27/h10-16,18-19,22,28H,9H2,1-8H3,(H2,23,24,25). The molecule has 3 N–H and O–H groups in total. The number of hydrogen-bond donors (Lipinski definition) is 2. The third-order valence-electron chi connectivity index (χ3n) is 7.30. The van der Waals surface area contributed by atoms with Crippen molar-refractivity contribution in [1.29, 1.82) is 0 Å². The van der Waals surface area contributed by atoms with Gasteiger partial charge in [-0.25, -0.2) is 15.0 Å². The Morgan fingerprint density at radius 2 is 1.59 bits per heavy atom. The van der Waals surface area contributed by atoms with E-state index in [1.54, 1.807) is 10.9 Å². The number of ether oxygens (including phenoxy) is 1. The monoisotopic (exact) mass is 509 g/mol. The molecule has 0 aliphatic carbocycles. The maximum Gasteiger partial charge on any atom is 0.335 e. The number of imidazole rings is 1. The summed E-state index contributed by atoms with van der Waals surface area (Å²) in [5.41, 5.74) is 7.73. The SMILES string of the molecule is CC(C)[Si]1(C(C)C)OCC2OC(n3cnc4c(N)ncnc43)C(O)C2O[Si](C(C)C)(C(C)C)O1. The Hall–Kier alpha value is -1.42. The summed E-state index contributed by atoms with van der Waals surface area (Å²) in [7, 11) is -5.54. The van der Waals surface area contributed by atoms with Crippen LogP contribution in [0.15, 0.2) is 12.7 Å². The van der Waals surface area contributed by atoms with Crippen molar-refractivity contribution >= 4 is 34.1 Å². The summed E-state index contributed by atoms with van der Waals surface area (Å²) < 4.78 is 29.0. The van der Waals surface area contributed by atoms with Crippen molar-refractivity contribution in [1.82, 2.24) is 19.5 Å². The van der Waals surface area contributed by atoms with E-state index in [1.165, 1.54) is 6.33 Å². The van der Waals surface area contributed by atoms with E-state index in [2.05, 4.69) is 70.3 Å². The normalized spacial score (nSPS) is 29.2. The zero-order valence-corrected chi connectivity index (χ0v) is 23.4. The van der Waals surface area contributed by atoms with Gasteiger partial charge in [-0.1, -0.05) is 55.4 Å². The number of hydrogen-bond acceptors (Lipinski definition) is 9. The molecule has 10 nitrogen and oxygen atoms in total. The molecule has 0 bridgehead atoms. The Balaban J connectivity index is 1.77. The molecule has 0 spiro atoms. The topological polar surface area (TPSA) is 127 Å². The van der Waals surface area contributed by atoms with Gasteiger partial charge in [0.1, 0.15) is 30.2 Å². The van der Waals surface area contributed by atoms with E-state index in [0.29, 0.717) is 17.8 Å². The molecule has 0 aromatic carbocycles. The Kier molecular flexibility index (Phi) is 6.97. The molecule has 4 unspecified atom stereocenters. The number of nitrogens with zero attached hydrogens (tertiary/aromatic N) is 4. The van der Waals surface area contributed by atoms with Crippen molar-refractivity contribution < 1.29 is 22.8 Å². The summed E-state index contributed by atoms with van der Waals surface area (Å²) in [4.78, 5) is 12.7. The second-order valence-corrected chi connectivity index (χ2v) is 19.5.